The van der Waals surface area contributed by atoms with E-state index in [0.717, 1.165) is 10.1 Å². The van der Waals surface area contributed by atoms with Crippen molar-refractivity contribution in [2.75, 3.05) is 10.0 Å². The van der Waals surface area contributed by atoms with Crippen molar-refractivity contribution >= 4 is 50.1 Å². The number of sulfonamides is 1. The van der Waals surface area contributed by atoms with E-state index in [1.807, 2.05) is 35.1 Å². The van der Waals surface area contributed by atoms with Crippen LogP contribution in [0, 0.1) is 11.6 Å². The number of benzene rings is 3. The van der Waals surface area contributed by atoms with Crippen LogP contribution in [0.1, 0.15) is 54.6 Å². The third kappa shape index (κ3) is 8.79. The van der Waals surface area contributed by atoms with Crippen molar-refractivity contribution in [3.05, 3.63) is 153 Å². The molecule has 7 rings (SSSR count). The molecule has 314 valence electrons. The fraction of sp³-hybridized carbons (Fsp3) is 0.233. The lowest BCUT2D eigenvalue weighted by molar-refractivity contribution is -0.149. The first-order valence-corrected chi connectivity index (χ1v) is 20.6. The zero-order valence-corrected chi connectivity index (χ0v) is 33.8. The molecule has 0 spiro atoms. The molecule has 0 aliphatic heterocycles. The van der Waals surface area contributed by atoms with E-state index < -0.39 is 73.6 Å². The Hall–Kier alpha value is -7.08. The molecule has 0 unspecified atom stereocenters. The number of esters is 1. The molecule has 2 amide bonds. The fourth-order valence-corrected chi connectivity index (χ4v) is 7.86. The molecule has 3 aromatic heterocycles. The summed E-state index contributed by atoms with van der Waals surface area (Å²) in [5, 5.41) is 5.45. The zero-order valence-electron chi connectivity index (χ0n) is 33.0. The van der Waals surface area contributed by atoms with Gasteiger partial charge in [-0.1, -0.05) is 36.4 Å². The van der Waals surface area contributed by atoms with E-state index in [-0.39, 0.29) is 34.8 Å². The maximum Gasteiger partial charge on any atom is 0.337 e. The smallest absolute Gasteiger partial charge is 0.337 e. The van der Waals surface area contributed by atoms with Crippen molar-refractivity contribution in [1.29, 1.82) is 0 Å². The molecule has 3 N–H and O–H groups in total. The van der Waals surface area contributed by atoms with Gasteiger partial charge in [0.1, 0.15) is 23.5 Å². The number of halogens is 2. The van der Waals surface area contributed by atoms with Gasteiger partial charge in [0.25, 0.3) is 21.5 Å². The molecule has 18 heteroatoms. The molecular formula is C43H39F2N7O8S. The van der Waals surface area contributed by atoms with Gasteiger partial charge in [0.2, 0.25) is 5.91 Å². The summed E-state index contributed by atoms with van der Waals surface area (Å²) in [6, 6.07) is 18.6. The third-order valence-corrected chi connectivity index (χ3v) is 11.6. The van der Waals surface area contributed by atoms with Gasteiger partial charge in [0.15, 0.2) is 0 Å². The molecule has 1 atom stereocenters. The van der Waals surface area contributed by atoms with E-state index in [0.29, 0.717) is 41.7 Å². The number of pyridine rings is 2. The average molecular weight is 852 g/mol. The number of nitrogens with zero attached hydrogens (tertiary/aromatic N) is 4. The number of ether oxygens (including phenoxy) is 1. The Balaban J connectivity index is 1.02. The highest BCUT2D eigenvalue weighted by Gasteiger charge is 2.51. The Morgan fingerprint density at radius 3 is 2.30 bits per heavy atom. The molecule has 0 saturated heterocycles. The second-order valence-corrected chi connectivity index (χ2v) is 16.5. The van der Waals surface area contributed by atoms with Gasteiger partial charge < -0.3 is 15.4 Å². The highest BCUT2D eigenvalue weighted by atomic mass is 32.2. The lowest BCUT2D eigenvalue weighted by atomic mass is 9.95. The van der Waals surface area contributed by atoms with Gasteiger partial charge in [0, 0.05) is 31.2 Å². The fourth-order valence-electron chi connectivity index (χ4n) is 6.80. The minimum absolute atomic E-state index is 0.0460. The number of aryl methyl sites for hydroxylation is 2. The number of nitrogens with one attached hydrogen (secondary N) is 3. The first-order valence-electron chi connectivity index (χ1n) is 19.1. The molecule has 1 fully saturated rings. The van der Waals surface area contributed by atoms with E-state index in [2.05, 4.69) is 20.6 Å². The average Bonchev–Trinajstić information content (AvgIpc) is 4.06. The Bertz CT molecular complexity index is 2900. The lowest BCUT2D eigenvalue weighted by Crippen LogP contribution is -2.43. The summed E-state index contributed by atoms with van der Waals surface area (Å²) in [7, 11) is -2.97. The third-order valence-electron chi connectivity index (χ3n) is 10.3. The van der Waals surface area contributed by atoms with Gasteiger partial charge in [-0.05, 0) is 93.1 Å². The molecule has 1 saturated carbocycles. The standard InChI is InChI=1S/C43H39F2N7O8S/c1-25(2)60-40(55)34(15-9-26-10-16-37(47-23-26)52-39(54)30-17-20-46-24-36(30)51(3)42(52)57)49-38(53)31-21-33(45)35(22-32(31)44)50-61(58,59)29-13-11-28(12-14-29)48-41(56)43(18-19-43)27-7-5-4-6-8-27/h4-8,10-14,16-17,20-25,34,50H,9,15,18-19H2,1-3H3,(H,48,56)(H,49,53)/t34-/m0/s1. The van der Waals surface area contributed by atoms with Crippen molar-refractivity contribution < 1.29 is 36.3 Å². The lowest BCUT2D eigenvalue weighted by Gasteiger charge is -2.20. The van der Waals surface area contributed by atoms with Gasteiger partial charge in [-0.25, -0.2) is 36.3 Å². The monoisotopic (exact) mass is 851 g/mol. The molecule has 0 bridgehead atoms. The van der Waals surface area contributed by atoms with Gasteiger partial charge in [-0.15, -0.1) is 0 Å². The Labute approximate surface area is 347 Å². The molecule has 1 aliphatic carbocycles. The van der Waals surface area contributed by atoms with Crippen LogP contribution in [-0.2, 0) is 43.2 Å². The van der Waals surface area contributed by atoms with Gasteiger partial charge >= 0.3 is 11.7 Å². The number of carbonyl (C=O) groups is 3. The van der Waals surface area contributed by atoms with Gasteiger partial charge in [-0.2, -0.15) is 0 Å². The number of fused-ring (bicyclic) bond motifs is 1. The second-order valence-electron chi connectivity index (χ2n) is 14.8. The Kier molecular flexibility index (Phi) is 11.6. The van der Waals surface area contributed by atoms with Crippen molar-refractivity contribution in [2.24, 2.45) is 7.05 Å². The van der Waals surface area contributed by atoms with Crippen molar-refractivity contribution in [3.8, 4) is 5.82 Å². The number of hydrogen-bond donors (Lipinski definition) is 3. The molecule has 3 heterocycles. The van der Waals surface area contributed by atoms with Crippen LogP contribution in [0.5, 0.6) is 0 Å². The normalized spacial score (nSPS) is 13.7. The molecule has 15 nitrogen and oxygen atoms in total. The Morgan fingerprint density at radius 1 is 0.918 bits per heavy atom. The summed E-state index contributed by atoms with van der Waals surface area (Å²) in [6.07, 6.45) is 5.02. The highest BCUT2D eigenvalue weighted by molar-refractivity contribution is 7.92. The van der Waals surface area contributed by atoms with E-state index in [1.54, 1.807) is 19.9 Å². The predicted molar refractivity (Wildman–Crippen MR) is 221 cm³/mol. The van der Waals surface area contributed by atoms with Crippen LogP contribution >= 0.6 is 0 Å². The van der Waals surface area contributed by atoms with Crippen LogP contribution < -0.4 is 26.6 Å². The number of hydrogen-bond acceptors (Lipinski definition) is 10. The highest BCUT2D eigenvalue weighted by Crippen LogP contribution is 2.49. The first kappa shape index (κ1) is 42.1. The first-order chi connectivity index (χ1) is 29.1. The summed E-state index contributed by atoms with van der Waals surface area (Å²) in [6.45, 7) is 3.18. The van der Waals surface area contributed by atoms with Crippen molar-refractivity contribution in [3.63, 3.8) is 0 Å². The van der Waals surface area contributed by atoms with Gasteiger partial charge in [-0.3, -0.25) is 28.7 Å². The molecule has 61 heavy (non-hydrogen) atoms. The SMILES string of the molecule is CC(C)OC(=O)[C@H](CCc1ccc(-n2c(=O)c3ccncc3n(C)c2=O)nc1)NC(=O)c1cc(F)c(NS(=O)(=O)c2ccc(NC(=O)C3(c4ccccc4)CC3)cc2)cc1F. The predicted octanol–water partition coefficient (Wildman–Crippen LogP) is 4.91. The van der Waals surface area contributed by atoms with Crippen LogP contribution in [0.15, 0.2) is 118 Å². The molecule has 3 aromatic carbocycles. The number of rotatable bonds is 14. The van der Waals surface area contributed by atoms with Crippen LogP contribution in [-0.4, -0.2) is 57.4 Å². The number of carbonyl (C=O) groups excluding carboxylic acids is 3. The number of aromatic nitrogens is 4. The molecular weight excluding hydrogens is 813 g/mol. The molecule has 0 radical (unpaired) electrons. The summed E-state index contributed by atoms with van der Waals surface area (Å²) >= 11 is 0. The zero-order chi connectivity index (χ0) is 43.6. The maximum absolute atomic E-state index is 15.4. The minimum atomic E-state index is -4.47. The van der Waals surface area contributed by atoms with E-state index in [4.69, 9.17) is 4.74 Å². The van der Waals surface area contributed by atoms with Crippen LogP contribution in [0.3, 0.4) is 0 Å². The van der Waals surface area contributed by atoms with E-state index in [1.165, 1.54) is 66.6 Å². The van der Waals surface area contributed by atoms with Crippen LogP contribution in [0.4, 0.5) is 20.2 Å². The summed E-state index contributed by atoms with van der Waals surface area (Å²) in [4.78, 5) is 73.6. The molecule has 6 aromatic rings. The van der Waals surface area contributed by atoms with Crippen molar-refractivity contribution in [1.82, 2.24) is 24.4 Å². The number of amides is 2. The van der Waals surface area contributed by atoms with E-state index in [9.17, 15) is 32.4 Å². The number of anilines is 2. The van der Waals surface area contributed by atoms with Crippen molar-refractivity contribution in [2.45, 2.75) is 62.0 Å². The summed E-state index contributed by atoms with van der Waals surface area (Å²) in [5.41, 5.74) is -1.37. The molecule has 1 aliphatic rings. The topological polar surface area (TPSA) is 200 Å². The van der Waals surface area contributed by atoms with Crippen LogP contribution in [0.25, 0.3) is 16.7 Å². The quantitative estimate of drug-likeness (QED) is 0.127. The summed E-state index contributed by atoms with van der Waals surface area (Å²) < 4.78 is 66.7. The second kappa shape index (κ2) is 16.9. The van der Waals surface area contributed by atoms with Crippen LogP contribution in [0.2, 0.25) is 0 Å². The largest absolute Gasteiger partial charge is 0.461 e. The Morgan fingerprint density at radius 2 is 1.64 bits per heavy atom. The van der Waals surface area contributed by atoms with Gasteiger partial charge in [0.05, 0.1) is 44.8 Å². The van der Waals surface area contributed by atoms with E-state index >= 15 is 8.78 Å². The minimum Gasteiger partial charge on any atom is -0.461 e. The maximum atomic E-state index is 15.4. The summed E-state index contributed by atoms with van der Waals surface area (Å²) in [5.74, 6) is -4.78.